The van der Waals surface area contributed by atoms with Gasteiger partial charge in [0.1, 0.15) is 17.1 Å². The van der Waals surface area contributed by atoms with Crippen molar-refractivity contribution in [1.82, 2.24) is 0 Å². The van der Waals surface area contributed by atoms with E-state index in [1.165, 1.54) is 14.2 Å². The van der Waals surface area contributed by atoms with Crippen molar-refractivity contribution >= 4 is 18.9 Å². The van der Waals surface area contributed by atoms with Gasteiger partial charge in [0.2, 0.25) is 11.1 Å². The molecule has 0 saturated carbocycles. The number of methoxy groups -OCH3 is 2. The molecule has 2 aromatic carbocycles. The van der Waals surface area contributed by atoms with Crippen molar-refractivity contribution in [2.24, 2.45) is 11.3 Å². The number of rotatable bonds is 8. The Morgan fingerprint density at radius 2 is 1.57 bits per heavy atom. The summed E-state index contributed by atoms with van der Waals surface area (Å²) in [5, 5.41) is 0.594. The SMILES string of the molecule is COc1cccc(OC)c1C(=O)c1ccccc1[P+](=O)CC(C)CC(C)(C)C. The van der Waals surface area contributed by atoms with Gasteiger partial charge in [0.05, 0.1) is 19.8 Å². The maximum absolute atomic E-state index is 13.4. The largest absolute Gasteiger partial charge is 0.496 e. The van der Waals surface area contributed by atoms with E-state index in [0.29, 0.717) is 40.0 Å². The first-order valence-electron chi connectivity index (χ1n) is 9.47. The number of ketones is 1. The van der Waals surface area contributed by atoms with E-state index in [9.17, 15) is 9.36 Å². The highest BCUT2D eigenvalue weighted by Gasteiger charge is 2.32. The Labute approximate surface area is 169 Å². The van der Waals surface area contributed by atoms with Crippen LogP contribution < -0.4 is 14.8 Å². The molecule has 2 rings (SSSR count). The fraction of sp³-hybridized carbons (Fsp3) is 0.435. The van der Waals surface area contributed by atoms with E-state index in [1.807, 2.05) is 6.07 Å². The minimum Gasteiger partial charge on any atom is -0.496 e. The van der Waals surface area contributed by atoms with Gasteiger partial charge in [-0.1, -0.05) is 50.5 Å². The Morgan fingerprint density at radius 1 is 1.00 bits per heavy atom. The van der Waals surface area contributed by atoms with Gasteiger partial charge in [0.15, 0.2) is 6.16 Å². The summed E-state index contributed by atoms with van der Waals surface area (Å²) in [6.45, 7) is 8.66. The highest BCUT2D eigenvalue weighted by atomic mass is 31.1. The summed E-state index contributed by atoms with van der Waals surface area (Å²) in [7, 11) is 1.35. The lowest BCUT2D eigenvalue weighted by atomic mass is 9.86. The Balaban J connectivity index is 2.39. The maximum Gasteiger partial charge on any atom is 0.377 e. The summed E-state index contributed by atoms with van der Waals surface area (Å²) in [5.41, 5.74) is 0.968. The van der Waals surface area contributed by atoms with Crippen LogP contribution in [0.2, 0.25) is 0 Å². The quantitative estimate of drug-likeness (QED) is 0.435. The average molecular weight is 401 g/mol. The Kier molecular flexibility index (Phi) is 7.37. The molecular weight excluding hydrogens is 371 g/mol. The van der Waals surface area contributed by atoms with Gasteiger partial charge in [0.25, 0.3) is 0 Å². The first kappa shape index (κ1) is 22.1. The van der Waals surface area contributed by atoms with E-state index in [0.717, 1.165) is 6.42 Å². The molecule has 2 atom stereocenters. The topological polar surface area (TPSA) is 52.6 Å². The van der Waals surface area contributed by atoms with Crippen molar-refractivity contribution in [3.63, 3.8) is 0 Å². The van der Waals surface area contributed by atoms with Gasteiger partial charge >= 0.3 is 7.80 Å². The van der Waals surface area contributed by atoms with Crippen LogP contribution in [0.25, 0.3) is 0 Å². The van der Waals surface area contributed by atoms with Gasteiger partial charge in [-0.15, -0.1) is 0 Å². The van der Waals surface area contributed by atoms with Crippen LogP contribution in [0.5, 0.6) is 11.5 Å². The van der Waals surface area contributed by atoms with Crippen molar-refractivity contribution in [1.29, 1.82) is 0 Å². The zero-order valence-electron chi connectivity index (χ0n) is 17.6. The van der Waals surface area contributed by atoms with E-state index in [-0.39, 0.29) is 11.2 Å². The standard InChI is InChI=1S/C23H30O4P/c1-16(14-23(2,3)4)15-28(25)20-13-8-7-10-17(20)22(24)21-18(26-5)11-9-12-19(21)27-6/h7-13,16H,14-15H2,1-6H3/q+1. The second kappa shape index (κ2) is 9.34. The predicted molar refractivity (Wildman–Crippen MR) is 115 cm³/mol. The number of carbonyl (C=O) groups excluding carboxylic acids is 1. The molecule has 0 amide bonds. The van der Waals surface area contributed by atoms with Gasteiger partial charge in [-0.3, -0.25) is 4.79 Å². The van der Waals surface area contributed by atoms with E-state index >= 15 is 0 Å². The van der Waals surface area contributed by atoms with E-state index in [4.69, 9.17) is 9.47 Å². The average Bonchev–Trinajstić information content (AvgIpc) is 2.65. The molecule has 2 aromatic rings. The zero-order valence-corrected chi connectivity index (χ0v) is 18.5. The highest BCUT2D eigenvalue weighted by Crippen LogP contribution is 2.34. The Morgan fingerprint density at radius 3 is 2.11 bits per heavy atom. The fourth-order valence-corrected chi connectivity index (χ4v) is 5.17. The lowest BCUT2D eigenvalue weighted by Crippen LogP contribution is -2.18. The van der Waals surface area contributed by atoms with E-state index in [2.05, 4.69) is 27.7 Å². The predicted octanol–water partition coefficient (Wildman–Crippen LogP) is 5.46. The van der Waals surface area contributed by atoms with E-state index < -0.39 is 7.80 Å². The van der Waals surface area contributed by atoms with E-state index in [1.54, 1.807) is 36.4 Å². The van der Waals surface area contributed by atoms with Gasteiger partial charge in [0, 0.05) is 5.92 Å². The van der Waals surface area contributed by atoms with Crippen molar-refractivity contribution < 1.29 is 18.8 Å². The molecule has 0 spiro atoms. The summed E-state index contributed by atoms with van der Waals surface area (Å²) in [6.07, 6.45) is 1.53. The molecule has 0 N–H and O–H groups in total. The number of hydrogen-bond donors (Lipinski definition) is 0. The third kappa shape index (κ3) is 5.42. The van der Waals surface area contributed by atoms with Crippen LogP contribution in [0.3, 0.4) is 0 Å². The molecule has 0 aliphatic carbocycles. The molecule has 0 bridgehead atoms. The molecule has 0 aromatic heterocycles. The van der Waals surface area contributed by atoms with Crippen molar-refractivity contribution in [3.8, 4) is 11.5 Å². The Bertz CT molecular complexity index is 830. The summed E-state index contributed by atoms with van der Waals surface area (Å²) >= 11 is 0. The molecule has 0 heterocycles. The lowest BCUT2D eigenvalue weighted by molar-refractivity contribution is 0.103. The summed E-state index contributed by atoms with van der Waals surface area (Å²) in [6, 6.07) is 12.4. The molecule has 0 aliphatic rings. The summed E-state index contributed by atoms with van der Waals surface area (Å²) < 4.78 is 23.9. The first-order chi connectivity index (χ1) is 13.2. The molecule has 28 heavy (non-hydrogen) atoms. The maximum atomic E-state index is 13.4. The highest BCUT2D eigenvalue weighted by molar-refractivity contribution is 7.53. The summed E-state index contributed by atoms with van der Waals surface area (Å²) in [4.78, 5) is 13.4. The normalized spacial score (nSPS) is 13.0. The Hall–Kier alpha value is -2.19. The minimum atomic E-state index is -1.69. The molecule has 4 nitrogen and oxygen atoms in total. The number of hydrogen-bond acceptors (Lipinski definition) is 4. The molecule has 5 heteroatoms. The second-order valence-electron chi connectivity index (χ2n) is 8.31. The van der Waals surface area contributed by atoms with Crippen LogP contribution in [0.4, 0.5) is 0 Å². The molecule has 0 fully saturated rings. The molecule has 0 radical (unpaired) electrons. The molecule has 0 saturated heterocycles. The molecule has 0 aliphatic heterocycles. The third-order valence-electron chi connectivity index (χ3n) is 4.51. The number of ether oxygens (including phenoxy) is 2. The monoisotopic (exact) mass is 401 g/mol. The van der Waals surface area contributed by atoms with Crippen LogP contribution in [0.15, 0.2) is 42.5 Å². The van der Waals surface area contributed by atoms with Gasteiger partial charge in [-0.05, 0) is 36.1 Å². The number of benzene rings is 2. The fourth-order valence-electron chi connectivity index (χ4n) is 3.58. The van der Waals surface area contributed by atoms with Crippen molar-refractivity contribution in [2.45, 2.75) is 34.1 Å². The third-order valence-corrected chi connectivity index (χ3v) is 6.39. The van der Waals surface area contributed by atoms with Crippen molar-refractivity contribution in [3.05, 3.63) is 53.6 Å². The van der Waals surface area contributed by atoms with Crippen LogP contribution in [-0.4, -0.2) is 26.2 Å². The second-order valence-corrected chi connectivity index (χ2v) is 9.92. The van der Waals surface area contributed by atoms with Crippen LogP contribution in [-0.2, 0) is 4.57 Å². The molecule has 150 valence electrons. The van der Waals surface area contributed by atoms with Crippen LogP contribution in [0, 0.1) is 11.3 Å². The van der Waals surface area contributed by atoms with Crippen molar-refractivity contribution in [2.75, 3.05) is 20.4 Å². The van der Waals surface area contributed by atoms with Crippen LogP contribution >= 0.6 is 7.80 Å². The van der Waals surface area contributed by atoms with Crippen LogP contribution in [0.1, 0.15) is 50.0 Å². The lowest BCUT2D eigenvalue weighted by Gasteiger charge is -2.20. The summed E-state index contributed by atoms with van der Waals surface area (Å²) in [5.74, 6) is 0.940. The minimum absolute atomic E-state index is 0.176. The smallest absolute Gasteiger partial charge is 0.377 e. The molecule has 2 unspecified atom stereocenters. The van der Waals surface area contributed by atoms with Gasteiger partial charge in [-0.25, -0.2) is 0 Å². The van der Waals surface area contributed by atoms with Gasteiger partial charge in [-0.2, -0.15) is 0 Å². The zero-order chi connectivity index (χ0) is 20.9. The van der Waals surface area contributed by atoms with Gasteiger partial charge < -0.3 is 9.47 Å². The first-order valence-corrected chi connectivity index (χ1v) is 10.9. The number of carbonyl (C=O) groups is 1. The molecular formula is C23H30O4P+.